The van der Waals surface area contributed by atoms with Gasteiger partial charge < -0.3 is 24.5 Å². The van der Waals surface area contributed by atoms with Crippen LogP contribution in [0.3, 0.4) is 0 Å². The van der Waals surface area contributed by atoms with E-state index in [0.29, 0.717) is 46.9 Å². The van der Waals surface area contributed by atoms with Crippen molar-refractivity contribution in [3.63, 3.8) is 0 Å². The fraction of sp³-hybridized carbons (Fsp3) is 0.387. The third-order valence-electron chi connectivity index (χ3n) is 7.17. The number of ether oxygens (including phenoxy) is 1. The standard InChI is InChI=1S/C31H37N5O3/c1-20-18-32-29(39-20)22-14-25(37)28(26(15-22)38-19-21-10-8-7-9-11-21)24-12-13-27(34-33-24)36(6)23-16-30(2,3)35-31(4,5)17-23/h7-15,18,23,35,37H,16-17,19H2,1-6H3. The SMILES string of the molecule is Cc1cnc(-c2cc(O)c(-c3ccc(N(C)C4CC(C)(C)NC(C)(C)C4)nn3)c(OCc3ccccc3)c2)o1. The van der Waals surface area contributed by atoms with Gasteiger partial charge in [0.05, 0.1) is 11.8 Å². The Bertz CT molecular complexity index is 1410. The van der Waals surface area contributed by atoms with Crippen molar-refractivity contribution in [3.05, 3.63) is 72.1 Å². The maximum Gasteiger partial charge on any atom is 0.226 e. The van der Waals surface area contributed by atoms with Crippen LogP contribution in [0.15, 0.2) is 65.2 Å². The number of oxazole rings is 1. The number of aryl methyl sites for hydroxylation is 1. The van der Waals surface area contributed by atoms with Crippen molar-refractivity contribution in [1.82, 2.24) is 20.5 Å². The van der Waals surface area contributed by atoms with Crippen LogP contribution in [0.4, 0.5) is 5.82 Å². The van der Waals surface area contributed by atoms with E-state index in [0.717, 1.165) is 24.2 Å². The van der Waals surface area contributed by atoms with Crippen LogP contribution in [0.5, 0.6) is 11.5 Å². The summed E-state index contributed by atoms with van der Waals surface area (Å²) in [6, 6.07) is 17.5. The normalized spacial score (nSPS) is 16.7. The highest BCUT2D eigenvalue weighted by atomic mass is 16.5. The van der Waals surface area contributed by atoms with Crippen molar-refractivity contribution in [1.29, 1.82) is 0 Å². The molecule has 0 saturated carbocycles. The molecule has 0 amide bonds. The average molecular weight is 528 g/mol. The van der Waals surface area contributed by atoms with Gasteiger partial charge in [-0.2, -0.15) is 0 Å². The number of aromatic nitrogens is 3. The smallest absolute Gasteiger partial charge is 0.226 e. The lowest BCUT2D eigenvalue weighted by Crippen LogP contribution is -2.62. The van der Waals surface area contributed by atoms with E-state index in [2.05, 4.69) is 60.1 Å². The van der Waals surface area contributed by atoms with Crippen LogP contribution in [0.25, 0.3) is 22.7 Å². The Morgan fingerprint density at radius 2 is 1.74 bits per heavy atom. The second-order valence-electron chi connectivity index (χ2n) is 11.8. The fourth-order valence-corrected chi connectivity index (χ4v) is 5.70. The highest BCUT2D eigenvalue weighted by Gasteiger charge is 2.39. The average Bonchev–Trinajstić information content (AvgIpc) is 3.32. The van der Waals surface area contributed by atoms with Crippen molar-refractivity contribution in [2.45, 2.75) is 71.2 Å². The molecule has 5 rings (SSSR count). The number of nitrogens with zero attached hydrogens (tertiary/aromatic N) is 4. The lowest BCUT2D eigenvalue weighted by molar-refractivity contribution is 0.160. The summed E-state index contributed by atoms with van der Waals surface area (Å²) in [4.78, 5) is 6.52. The number of nitrogens with one attached hydrogen (secondary N) is 1. The zero-order valence-electron chi connectivity index (χ0n) is 23.5. The molecule has 8 heteroatoms. The van der Waals surface area contributed by atoms with Crippen molar-refractivity contribution < 1.29 is 14.3 Å². The van der Waals surface area contributed by atoms with Gasteiger partial charge in [-0.05, 0) is 77.3 Å². The molecule has 4 aromatic rings. The van der Waals surface area contributed by atoms with Crippen molar-refractivity contribution in [2.24, 2.45) is 0 Å². The molecule has 0 atom stereocenters. The monoisotopic (exact) mass is 527 g/mol. The molecule has 0 radical (unpaired) electrons. The van der Waals surface area contributed by atoms with E-state index < -0.39 is 0 Å². The second kappa shape index (κ2) is 10.3. The number of benzene rings is 2. The minimum absolute atomic E-state index is 0.0173. The van der Waals surface area contributed by atoms with E-state index in [4.69, 9.17) is 9.15 Å². The summed E-state index contributed by atoms with van der Waals surface area (Å²) in [7, 11) is 2.07. The molecule has 0 aliphatic carbocycles. The van der Waals surface area contributed by atoms with Crippen LogP contribution < -0.4 is 15.0 Å². The Morgan fingerprint density at radius 3 is 2.36 bits per heavy atom. The van der Waals surface area contributed by atoms with Crippen LogP contribution in [0, 0.1) is 6.92 Å². The van der Waals surface area contributed by atoms with Gasteiger partial charge in [-0.3, -0.25) is 0 Å². The first-order chi connectivity index (χ1) is 18.5. The molecule has 2 aromatic heterocycles. The summed E-state index contributed by atoms with van der Waals surface area (Å²) in [6.07, 6.45) is 3.64. The maximum absolute atomic E-state index is 11.2. The van der Waals surface area contributed by atoms with Gasteiger partial charge in [0.1, 0.15) is 29.6 Å². The van der Waals surface area contributed by atoms with Crippen molar-refractivity contribution >= 4 is 5.82 Å². The molecule has 1 saturated heterocycles. The van der Waals surface area contributed by atoms with Crippen LogP contribution in [0.2, 0.25) is 0 Å². The minimum Gasteiger partial charge on any atom is -0.507 e. The lowest BCUT2D eigenvalue weighted by atomic mass is 9.79. The third kappa shape index (κ3) is 6.06. The largest absolute Gasteiger partial charge is 0.507 e. The van der Waals surface area contributed by atoms with Gasteiger partial charge in [0.2, 0.25) is 5.89 Å². The number of rotatable bonds is 7. The molecule has 0 bridgehead atoms. The predicted octanol–water partition coefficient (Wildman–Crippen LogP) is 6.14. The molecular weight excluding hydrogens is 490 g/mol. The number of anilines is 1. The van der Waals surface area contributed by atoms with Crippen LogP contribution >= 0.6 is 0 Å². The van der Waals surface area contributed by atoms with E-state index >= 15 is 0 Å². The molecule has 1 aliphatic heterocycles. The first kappa shape index (κ1) is 26.7. The molecule has 1 aliphatic rings. The quantitative estimate of drug-likeness (QED) is 0.296. The van der Waals surface area contributed by atoms with Gasteiger partial charge in [-0.1, -0.05) is 30.3 Å². The third-order valence-corrected chi connectivity index (χ3v) is 7.17. The summed E-state index contributed by atoms with van der Waals surface area (Å²) in [6.45, 7) is 11.1. The van der Waals surface area contributed by atoms with Gasteiger partial charge in [0, 0.05) is 29.7 Å². The summed E-state index contributed by atoms with van der Waals surface area (Å²) >= 11 is 0. The molecular formula is C31H37N5O3. The van der Waals surface area contributed by atoms with Gasteiger partial charge in [-0.25, -0.2) is 4.98 Å². The van der Waals surface area contributed by atoms with Gasteiger partial charge in [0.15, 0.2) is 5.82 Å². The number of phenols is 1. The second-order valence-corrected chi connectivity index (χ2v) is 11.8. The summed E-state index contributed by atoms with van der Waals surface area (Å²) < 4.78 is 11.9. The van der Waals surface area contributed by atoms with E-state index in [1.54, 1.807) is 12.3 Å². The van der Waals surface area contributed by atoms with Crippen LogP contribution in [-0.4, -0.2) is 44.5 Å². The molecule has 0 unspecified atom stereocenters. The molecule has 39 heavy (non-hydrogen) atoms. The van der Waals surface area contributed by atoms with E-state index in [1.807, 2.05) is 55.5 Å². The molecule has 0 spiro atoms. The highest BCUT2D eigenvalue weighted by molar-refractivity contribution is 5.78. The molecule has 3 heterocycles. The minimum atomic E-state index is 0.0173. The number of hydrogen-bond donors (Lipinski definition) is 2. The Labute approximate surface area is 230 Å². The maximum atomic E-state index is 11.2. The Hall–Kier alpha value is -3.91. The summed E-state index contributed by atoms with van der Waals surface area (Å²) in [5.41, 5.74) is 2.67. The predicted molar refractivity (Wildman–Crippen MR) is 153 cm³/mol. The van der Waals surface area contributed by atoms with Crippen LogP contribution in [0.1, 0.15) is 51.9 Å². The van der Waals surface area contributed by atoms with Gasteiger partial charge in [0.25, 0.3) is 0 Å². The molecule has 1 fully saturated rings. The van der Waals surface area contributed by atoms with Crippen molar-refractivity contribution in [2.75, 3.05) is 11.9 Å². The first-order valence-corrected chi connectivity index (χ1v) is 13.3. The van der Waals surface area contributed by atoms with Crippen molar-refractivity contribution in [3.8, 4) is 34.2 Å². The molecule has 204 valence electrons. The molecule has 2 N–H and O–H groups in total. The Morgan fingerprint density at radius 1 is 1.03 bits per heavy atom. The summed E-state index contributed by atoms with van der Waals surface area (Å²) in [5.74, 6) is 2.38. The summed E-state index contributed by atoms with van der Waals surface area (Å²) in [5, 5.41) is 24.0. The fourth-order valence-electron chi connectivity index (χ4n) is 5.70. The van der Waals surface area contributed by atoms with E-state index in [9.17, 15) is 5.11 Å². The molecule has 2 aromatic carbocycles. The lowest BCUT2D eigenvalue weighted by Gasteiger charge is -2.49. The van der Waals surface area contributed by atoms with Gasteiger partial charge >= 0.3 is 0 Å². The zero-order valence-corrected chi connectivity index (χ0v) is 23.5. The topological polar surface area (TPSA) is 96.5 Å². The number of piperidine rings is 1. The Kier molecular flexibility index (Phi) is 7.07. The van der Waals surface area contributed by atoms with E-state index in [1.165, 1.54) is 0 Å². The van der Waals surface area contributed by atoms with E-state index in [-0.39, 0.29) is 16.8 Å². The zero-order chi connectivity index (χ0) is 27.8. The first-order valence-electron chi connectivity index (χ1n) is 13.3. The number of phenolic OH excluding ortho intramolecular Hbond substituents is 1. The highest BCUT2D eigenvalue weighted by Crippen LogP contribution is 2.41. The number of aromatic hydroxyl groups is 1. The van der Waals surface area contributed by atoms with Gasteiger partial charge in [-0.15, -0.1) is 10.2 Å². The molecule has 8 nitrogen and oxygen atoms in total. The number of hydrogen-bond acceptors (Lipinski definition) is 8. The Balaban J connectivity index is 1.46. The van der Waals surface area contributed by atoms with Crippen LogP contribution in [-0.2, 0) is 6.61 Å².